The highest BCUT2D eigenvalue weighted by Crippen LogP contribution is 2.11. The average molecular weight is 573 g/mol. The number of carbonyl (C=O) groups excluding carboxylic acids is 3. The third-order valence-electron chi connectivity index (χ3n) is 3.18. The molecular formula is C25H52N2O12. The minimum absolute atomic E-state index is 0.0409. The SMILES string of the molecule is C1CCOC1.CC(C)(C)OC(=O)CCCO.CC(C)(C)OC(=O)OC(=O)OC(C)(C)C.N=O.OCCCNO. The summed E-state index contributed by atoms with van der Waals surface area (Å²) in [6, 6.07) is 0. The molecule has 0 radical (unpaired) electrons. The van der Waals surface area contributed by atoms with E-state index in [4.69, 9.17) is 39.3 Å². The zero-order valence-corrected chi connectivity index (χ0v) is 25.1. The van der Waals surface area contributed by atoms with E-state index in [2.05, 4.69) is 10.3 Å². The molecule has 14 nitrogen and oxygen atoms in total. The zero-order valence-electron chi connectivity index (χ0n) is 25.1. The maximum atomic E-state index is 11.0. The predicted molar refractivity (Wildman–Crippen MR) is 143 cm³/mol. The zero-order chi connectivity index (χ0) is 31.5. The van der Waals surface area contributed by atoms with Gasteiger partial charge in [0.15, 0.2) is 0 Å². The molecule has 1 fully saturated rings. The highest BCUT2D eigenvalue weighted by Gasteiger charge is 2.24. The van der Waals surface area contributed by atoms with Crippen molar-refractivity contribution in [2.45, 2.75) is 111 Å². The van der Waals surface area contributed by atoms with E-state index in [0.29, 0.717) is 25.8 Å². The summed E-state index contributed by atoms with van der Waals surface area (Å²) in [6.07, 6.45) is 1.83. The lowest BCUT2D eigenvalue weighted by atomic mass is 10.2. The first kappa shape index (κ1) is 43.7. The van der Waals surface area contributed by atoms with E-state index in [1.54, 1.807) is 41.5 Å². The van der Waals surface area contributed by atoms with Crippen LogP contribution in [-0.4, -0.2) is 83.5 Å². The van der Waals surface area contributed by atoms with E-state index in [1.165, 1.54) is 12.8 Å². The van der Waals surface area contributed by atoms with Gasteiger partial charge in [0, 0.05) is 39.4 Å². The Hall–Kier alpha value is -2.39. The van der Waals surface area contributed by atoms with Crippen molar-refractivity contribution >= 4 is 18.3 Å². The fraction of sp³-hybridized carbons (Fsp3) is 0.880. The molecule has 5 N–H and O–H groups in total. The maximum absolute atomic E-state index is 11.0. The van der Waals surface area contributed by atoms with Crippen molar-refractivity contribution in [2.24, 2.45) is 0 Å². The molecule has 0 bridgehead atoms. The van der Waals surface area contributed by atoms with Gasteiger partial charge in [0.2, 0.25) is 0 Å². The molecular weight excluding hydrogens is 520 g/mol. The van der Waals surface area contributed by atoms with Crippen molar-refractivity contribution in [3.8, 4) is 0 Å². The molecule has 39 heavy (non-hydrogen) atoms. The van der Waals surface area contributed by atoms with Crippen LogP contribution < -0.4 is 5.48 Å². The first-order valence-corrected chi connectivity index (χ1v) is 12.6. The van der Waals surface area contributed by atoms with Crippen LogP contribution >= 0.6 is 0 Å². The number of hydroxylamine groups is 1. The summed E-state index contributed by atoms with van der Waals surface area (Å²) in [7, 11) is 0. The van der Waals surface area contributed by atoms with Crippen LogP contribution in [0.4, 0.5) is 9.59 Å². The van der Waals surface area contributed by atoms with Crippen molar-refractivity contribution in [2.75, 3.05) is 33.0 Å². The minimum atomic E-state index is -1.06. The molecule has 14 heteroatoms. The fourth-order valence-corrected chi connectivity index (χ4v) is 1.89. The average Bonchev–Trinajstić information content (AvgIpc) is 3.35. The molecule has 0 aliphatic carbocycles. The molecule has 0 aromatic rings. The van der Waals surface area contributed by atoms with Gasteiger partial charge in [-0.15, -0.1) is 0 Å². The van der Waals surface area contributed by atoms with Crippen molar-refractivity contribution in [3.63, 3.8) is 0 Å². The first-order valence-electron chi connectivity index (χ1n) is 12.6. The predicted octanol–water partition coefficient (Wildman–Crippen LogP) is 4.45. The lowest BCUT2D eigenvalue weighted by Crippen LogP contribution is -2.29. The Morgan fingerprint density at radius 3 is 1.36 bits per heavy atom. The van der Waals surface area contributed by atoms with Crippen LogP contribution in [0, 0.1) is 10.5 Å². The van der Waals surface area contributed by atoms with Crippen LogP contribution in [0.3, 0.4) is 0 Å². The molecule has 0 unspecified atom stereocenters. The van der Waals surface area contributed by atoms with Gasteiger partial charge in [0.1, 0.15) is 16.8 Å². The molecule has 0 atom stereocenters. The summed E-state index contributed by atoms with van der Waals surface area (Å²) < 4.78 is 23.7. The Balaban J connectivity index is -0.000000222. The summed E-state index contributed by atoms with van der Waals surface area (Å²) in [5.74, 6) is -0.244. The summed E-state index contributed by atoms with van der Waals surface area (Å²) in [4.78, 5) is 40.4. The molecule has 0 amide bonds. The van der Waals surface area contributed by atoms with Gasteiger partial charge in [-0.1, -0.05) is 5.59 Å². The molecule has 1 aliphatic rings. The van der Waals surface area contributed by atoms with E-state index in [1.807, 2.05) is 26.3 Å². The van der Waals surface area contributed by atoms with Gasteiger partial charge in [-0.2, -0.15) is 4.91 Å². The Morgan fingerprint density at radius 1 is 0.744 bits per heavy atom. The second-order valence-corrected chi connectivity index (χ2v) is 10.7. The van der Waals surface area contributed by atoms with Gasteiger partial charge in [0.25, 0.3) is 0 Å². The standard InChI is InChI=1S/C10H18O5.C8H16O3.C4H8O.C3H9NO2.HNO/c1-9(2,3)14-7(11)13-8(12)15-10(4,5)6;1-8(2,3)11-7(10)5-4-6-9;1-2-4-5-3-1;5-3-1-2-4-6;1-2/h1-6H3;9H,4-6H2,1-3H3;1-4H2;4-6H,1-3H2;1H. The molecule has 234 valence electrons. The van der Waals surface area contributed by atoms with Gasteiger partial charge in [-0.25, -0.2) is 15.1 Å². The van der Waals surface area contributed by atoms with Gasteiger partial charge in [-0.3, -0.25) is 4.79 Å². The minimum Gasteiger partial charge on any atom is -0.460 e. The van der Waals surface area contributed by atoms with Crippen LogP contribution in [0.1, 0.15) is 94.4 Å². The van der Waals surface area contributed by atoms with E-state index in [0.717, 1.165) is 13.2 Å². The van der Waals surface area contributed by atoms with E-state index in [-0.39, 0.29) is 19.2 Å². The number of esters is 1. The Labute approximate surface area is 232 Å². The molecule has 0 aromatic heterocycles. The van der Waals surface area contributed by atoms with Crippen LogP contribution in [0.2, 0.25) is 0 Å². The van der Waals surface area contributed by atoms with Crippen LogP contribution in [0.25, 0.3) is 0 Å². The van der Waals surface area contributed by atoms with Crippen molar-refractivity contribution < 1.29 is 53.5 Å². The molecule has 0 spiro atoms. The lowest BCUT2D eigenvalue weighted by molar-refractivity contribution is -0.155. The number of carbonyl (C=O) groups is 3. The van der Waals surface area contributed by atoms with E-state index < -0.39 is 29.1 Å². The topological polar surface area (TPSA) is 211 Å². The number of ether oxygens (including phenoxy) is 5. The number of hydrogen-bond donors (Lipinski definition) is 5. The lowest BCUT2D eigenvalue weighted by Gasteiger charge is -2.20. The number of hydrogen-bond acceptors (Lipinski definition) is 14. The second-order valence-electron chi connectivity index (χ2n) is 10.7. The van der Waals surface area contributed by atoms with Crippen molar-refractivity contribution in [1.82, 2.24) is 5.48 Å². The molecule has 0 aromatic carbocycles. The summed E-state index contributed by atoms with van der Waals surface area (Å²) in [6.45, 7) is 18.1. The smallest absolute Gasteiger partial charge is 0.460 e. The number of aliphatic hydroxyl groups is 2. The molecule has 1 aliphatic heterocycles. The fourth-order valence-electron chi connectivity index (χ4n) is 1.89. The number of aliphatic hydroxyl groups excluding tert-OH is 2. The highest BCUT2D eigenvalue weighted by molar-refractivity contribution is 5.77. The van der Waals surface area contributed by atoms with Gasteiger partial charge in [0.05, 0.1) is 0 Å². The first-order chi connectivity index (χ1) is 17.9. The monoisotopic (exact) mass is 572 g/mol. The van der Waals surface area contributed by atoms with Crippen LogP contribution in [0.15, 0.2) is 0 Å². The largest absolute Gasteiger partial charge is 0.519 e. The summed E-state index contributed by atoms with van der Waals surface area (Å²) in [5, 5.41) is 24.3. The Morgan fingerprint density at radius 2 is 1.13 bits per heavy atom. The number of nitroso groups, excluding NO2 is 1. The quantitative estimate of drug-likeness (QED) is 0.0744. The van der Waals surface area contributed by atoms with Crippen molar-refractivity contribution in [1.29, 1.82) is 5.59 Å². The molecule has 1 rings (SSSR count). The third kappa shape index (κ3) is 49.1. The third-order valence-corrected chi connectivity index (χ3v) is 3.18. The number of rotatable bonds is 6. The summed E-state index contributed by atoms with van der Waals surface area (Å²) >= 11 is 0. The highest BCUT2D eigenvalue weighted by atomic mass is 16.8. The molecule has 1 saturated heterocycles. The van der Waals surface area contributed by atoms with Gasteiger partial charge >= 0.3 is 18.3 Å². The normalized spacial score (nSPS) is 12.3. The molecule has 1 heterocycles. The Kier molecular flexibility index (Phi) is 29.0. The van der Waals surface area contributed by atoms with Gasteiger partial charge < -0.3 is 39.1 Å². The van der Waals surface area contributed by atoms with E-state index in [9.17, 15) is 14.4 Å². The van der Waals surface area contributed by atoms with Crippen LogP contribution in [-0.2, 0) is 28.5 Å². The van der Waals surface area contributed by atoms with Gasteiger partial charge in [-0.05, 0) is 88.0 Å². The second kappa shape index (κ2) is 25.9. The summed E-state index contributed by atoms with van der Waals surface area (Å²) in [5.41, 5.74) is 4.61. The Bertz CT molecular complexity index is 570. The number of nitrogens with one attached hydrogen (secondary N) is 2. The molecule has 0 saturated carbocycles. The van der Waals surface area contributed by atoms with Crippen LogP contribution in [0.5, 0.6) is 0 Å². The van der Waals surface area contributed by atoms with Crippen molar-refractivity contribution in [3.05, 3.63) is 4.91 Å². The maximum Gasteiger partial charge on any atom is 0.519 e. The van der Waals surface area contributed by atoms with E-state index >= 15 is 0 Å².